The van der Waals surface area contributed by atoms with Crippen molar-refractivity contribution in [2.75, 3.05) is 40.6 Å². The van der Waals surface area contributed by atoms with Gasteiger partial charge < -0.3 is 23.8 Å². The number of hydrogen-bond donors (Lipinski definition) is 0. The Morgan fingerprint density at radius 2 is 1.87 bits per heavy atom. The van der Waals surface area contributed by atoms with Crippen molar-refractivity contribution in [2.24, 2.45) is 5.92 Å². The summed E-state index contributed by atoms with van der Waals surface area (Å²) in [6.45, 7) is 1.91. The number of methoxy groups -OCH3 is 1. The summed E-state index contributed by atoms with van der Waals surface area (Å²) in [5.74, 6) is 1.44. The molecule has 1 spiro atoms. The normalized spacial score (nSPS) is 30.3. The summed E-state index contributed by atoms with van der Waals surface area (Å²) in [6, 6.07) is 11.6. The number of likely N-dealkylation sites (tertiary alicyclic amines) is 1. The van der Waals surface area contributed by atoms with Crippen LogP contribution >= 0.6 is 0 Å². The van der Waals surface area contributed by atoms with Gasteiger partial charge >= 0.3 is 0 Å². The molecule has 5 aliphatic rings. The molecule has 38 heavy (non-hydrogen) atoms. The molecule has 8 heteroatoms. The highest BCUT2D eigenvalue weighted by atomic mass is 16.7. The van der Waals surface area contributed by atoms with Gasteiger partial charge in [-0.05, 0) is 56.6 Å². The summed E-state index contributed by atoms with van der Waals surface area (Å²) < 4.78 is 24.3. The van der Waals surface area contributed by atoms with Crippen LogP contribution in [0.1, 0.15) is 44.7 Å². The zero-order valence-electron chi connectivity index (χ0n) is 21.7. The van der Waals surface area contributed by atoms with Crippen molar-refractivity contribution >= 4 is 11.8 Å². The summed E-state index contributed by atoms with van der Waals surface area (Å²) in [7, 11) is 3.84. The monoisotopic (exact) mass is 516 g/mol. The smallest absolute Gasteiger partial charge is 0.261 e. The van der Waals surface area contributed by atoms with Gasteiger partial charge in [0.15, 0.2) is 18.3 Å². The van der Waals surface area contributed by atoms with Gasteiger partial charge in [0.1, 0.15) is 12.2 Å². The number of amides is 2. The SMILES string of the molecule is COCOc1ccc2c3c1OC1C(OCCCN4C(=O)c5ccccc5C4=O)C=C[C@H]4[C@@H](C2)N(C)CC[C@]314. The Balaban J connectivity index is 1.11. The number of nitrogens with zero attached hydrogens (tertiary/aromatic N) is 2. The van der Waals surface area contributed by atoms with Gasteiger partial charge in [-0.25, -0.2) is 0 Å². The summed E-state index contributed by atoms with van der Waals surface area (Å²) in [4.78, 5) is 29.2. The lowest BCUT2D eigenvalue weighted by atomic mass is 9.53. The second kappa shape index (κ2) is 8.93. The lowest BCUT2D eigenvalue weighted by Gasteiger charge is -2.56. The van der Waals surface area contributed by atoms with Gasteiger partial charge in [-0.15, -0.1) is 0 Å². The van der Waals surface area contributed by atoms with E-state index in [0.29, 0.717) is 42.7 Å². The predicted octanol–water partition coefficient (Wildman–Crippen LogP) is 3.19. The molecule has 0 aromatic heterocycles. The van der Waals surface area contributed by atoms with E-state index in [4.69, 9.17) is 18.9 Å². The lowest BCUT2D eigenvalue weighted by molar-refractivity contribution is -0.0716. The van der Waals surface area contributed by atoms with E-state index in [1.807, 2.05) is 6.07 Å². The molecule has 1 saturated heterocycles. The fraction of sp³-hybridized carbons (Fsp3) is 0.467. The number of rotatable bonds is 8. The Morgan fingerprint density at radius 1 is 1.08 bits per heavy atom. The number of piperidine rings is 1. The molecule has 3 heterocycles. The molecule has 2 aromatic rings. The summed E-state index contributed by atoms with van der Waals surface area (Å²) in [5, 5.41) is 0. The number of imide groups is 1. The van der Waals surface area contributed by atoms with Crippen LogP contribution in [-0.4, -0.2) is 80.5 Å². The van der Waals surface area contributed by atoms with E-state index in [9.17, 15) is 9.59 Å². The maximum atomic E-state index is 12.7. The highest BCUT2D eigenvalue weighted by Gasteiger charge is 2.64. The molecule has 1 fully saturated rings. The van der Waals surface area contributed by atoms with Crippen LogP contribution in [0.4, 0.5) is 0 Å². The Morgan fingerprint density at radius 3 is 2.63 bits per heavy atom. The average molecular weight is 517 g/mol. The molecular weight excluding hydrogens is 484 g/mol. The molecule has 2 aliphatic carbocycles. The lowest BCUT2D eigenvalue weighted by Crippen LogP contribution is -2.65. The highest BCUT2D eigenvalue weighted by Crippen LogP contribution is 2.62. The van der Waals surface area contributed by atoms with Crippen molar-refractivity contribution in [1.29, 1.82) is 0 Å². The number of carbonyl (C=O) groups excluding carboxylic acids is 2. The largest absolute Gasteiger partial charge is 0.482 e. The van der Waals surface area contributed by atoms with Crippen molar-refractivity contribution in [3.63, 3.8) is 0 Å². The predicted molar refractivity (Wildman–Crippen MR) is 139 cm³/mol. The van der Waals surface area contributed by atoms with Crippen molar-refractivity contribution in [2.45, 2.75) is 42.9 Å². The van der Waals surface area contributed by atoms with Crippen molar-refractivity contribution in [3.8, 4) is 11.5 Å². The van der Waals surface area contributed by atoms with Crippen LogP contribution < -0.4 is 9.47 Å². The van der Waals surface area contributed by atoms with Crippen LogP contribution in [0.5, 0.6) is 11.5 Å². The number of hydrogen-bond acceptors (Lipinski definition) is 7. The molecule has 3 aliphatic heterocycles. The van der Waals surface area contributed by atoms with Gasteiger partial charge in [-0.1, -0.05) is 30.4 Å². The number of carbonyl (C=O) groups is 2. The van der Waals surface area contributed by atoms with Gasteiger partial charge in [-0.3, -0.25) is 14.5 Å². The van der Waals surface area contributed by atoms with Crippen molar-refractivity contribution < 1.29 is 28.5 Å². The van der Waals surface area contributed by atoms with Gasteiger partial charge in [0, 0.05) is 43.2 Å². The summed E-state index contributed by atoms with van der Waals surface area (Å²) >= 11 is 0. The molecule has 7 rings (SSSR count). The molecule has 0 N–H and O–H groups in total. The molecule has 2 unspecified atom stereocenters. The molecule has 5 atom stereocenters. The Bertz CT molecular complexity index is 1310. The molecular formula is C30H32N2O6. The number of benzene rings is 2. The Labute approximate surface area is 222 Å². The molecule has 2 bridgehead atoms. The van der Waals surface area contributed by atoms with E-state index in [1.165, 1.54) is 16.0 Å². The van der Waals surface area contributed by atoms with E-state index in [2.05, 4.69) is 30.2 Å². The van der Waals surface area contributed by atoms with Gasteiger partial charge in [-0.2, -0.15) is 0 Å². The molecule has 0 radical (unpaired) electrons. The van der Waals surface area contributed by atoms with Gasteiger partial charge in [0.2, 0.25) is 0 Å². The number of fused-ring (bicyclic) bond motifs is 1. The van der Waals surface area contributed by atoms with Crippen molar-refractivity contribution in [1.82, 2.24) is 9.80 Å². The second-order valence-corrected chi connectivity index (χ2v) is 11.0. The fourth-order valence-electron chi connectivity index (χ4n) is 7.47. The van der Waals surface area contributed by atoms with Crippen LogP contribution in [0.3, 0.4) is 0 Å². The van der Waals surface area contributed by atoms with Crippen LogP contribution in [-0.2, 0) is 21.3 Å². The van der Waals surface area contributed by atoms with E-state index in [-0.39, 0.29) is 36.2 Å². The average Bonchev–Trinajstić information content (AvgIpc) is 3.41. The van der Waals surface area contributed by atoms with Crippen LogP contribution in [0.25, 0.3) is 0 Å². The summed E-state index contributed by atoms with van der Waals surface area (Å²) in [5.41, 5.74) is 3.42. The molecule has 198 valence electrons. The van der Waals surface area contributed by atoms with E-state index >= 15 is 0 Å². The van der Waals surface area contributed by atoms with Gasteiger partial charge in [0.25, 0.3) is 11.8 Å². The van der Waals surface area contributed by atoms with Crippen LogP contribution in [0.15, 0.2) is 48.6 Å². The third-order valence-electron chi connectivity index (χ3n) is 9.16. The Hall–Kier alpha value is -3.20. The third-order valence-corrected chi connectivity index (χ3v) is 9.16. The maximum Gasteiger partial charge on any atom is 0.261 e. The van der Waals surface area contributed by atoms with Crippen LogP contribution in [0, 0.1) is 5.92 Å². The minimum Gasteiger partial charge on any atom is -0.482 e. The maximum absolute atomic E-state index is 12.7. The zero-order chi connectivity index (χ0) is 26.0. The second-order valence-electron chi connectivity index (χ2n) is 11.0. The fourth-order valence-corrected chi connectivity index (χ4v) is 7.47. The first-order valence-corrected chi connectivity index (χ1v) is 13.4. The number of likely N-dealkylation sites (N-methyl/N-ethyl adjacent to an activating group) is 1. The quantitative estimate of drug-likeness (QED) is 0.231. The molecule has 2 amide bonds. The van der Waals surface area contributed by atoms with E-state index in [1.54, 1.807) is 31.4 Å². The zero-order valence-corrected chi connectivity index (χ0v) is 21.7. The van der Waals surface area contributed by atoms with Crippen molar-refractivity contribution in [3.05, 3.63) is 70.8 Å². The molecule has 2 aromatic carbocycles. The third kappa shape index (κ3) is 3.26. The minimum atomic E-state index is -0.230. The standard InChI is InChI=1S/C30H32N2O6/c1-31-14-12-30-21-9-11-24(36-15-5-13-32-28(33)19-6-3-4-7-20(19)29(32)34)27(30)38-26-23(37-17-35-2)10-8-18(25(26)30)16-22(21)31/h3-4,6-11,21-22,24,27H,5,12-17H2,1-2H3/t21-,22+,24?,27?,30-/m0/s1. The van der Waals surface area contributed by atoms with Crippen LogP contribution in [0.2, 0.25) is 0 Å². The first-order valence-electron chi connectivity index (χ1n) is 13.4. The number of ether oxygens (including phenoxy) is 4. The van der Waals surface area contributed by atoms with E-state index in [0.717, 1.165) is 30.9 Å². The van der Waals surface area contributed by atoms with Gasteiger partial charge in [0.05, 0.1) is 11.1 Å². The minimum absolute atomic E-state index is 0.158. The summed E-state index contributed by atoms with van der Waals surface area (Å²) in [6.07, 6.45) is 6.65. The molecule has 0 saturated carbocycles. The van der Waals surface area contributed by atoms with E-state index < -0.39 is 0 Å². The highest BCUT2D eigenvalue weighted by molar-refractivity contribution is 6.21. The molecule has 8 nitrogen and oxygen atoms in total. The first-order chi connectivity index (χ1) is 18.5. The topological polar surface area (TPSA) is 77.5 Å². The first kappa shape index (κ1) is 23.9. The Kier molecular flexibility index (Phi) is 5.61.